The van der Waals surface area contributed by atoms with Crippen molar-refractivity contribution in [1.82, 2.24) is 4.31 Å². The predicted octanol–water partition coefficient (Wildman–Crippen LogP) is 3.79. The molecule has 0 aromatic heterocycles. The number of nitrogens with zero attached hydrogens (tertiary/aromatic N) is 1. The third-order valence-electron chi connectivity index (χ3n) is 5.09. The summed E-state index contributed by atoms with van der Waals surface area (Å²) in [6.45, 7) is 11.3. The highest BCUT2D eigenvalue weighted by Crippen LogP contribution is 2.32. The minimum atomic E-state index is -3.38. The zero-order valence-corrected chi connectivity index (χ0v) is 14.7. The molecule has 1 saturated heterocycles. The monoisotopic (exact) mass is 309 g/mol. The van der Waals surface area contributed by atoms with E-state index in [0.717, 1.165) is 47.9 Å². The zero-order valence-electron chi connectivity index (χ0n) is 13.9. The van der Waals surface area contributed by atoms with E-state index < -0.39 is 10.0 Å². The Morgan fingerprint density at radius 1 is 0.667 bits per heavy atom. The number of benzene rings is 1. The Balaban J connectivity index is 2.59. The highest BCUT2D eigenvalue weighted by molar-refractivity contribution is 7.89. The Bertz CT molecular complexity index is 610. The minimum Gasteiger partial charge on any atom is -0.207 e. The van der Waals surface area contributed by atoms with Gasteiger partial charge in [0.2, 0.25) is 10.0 Å². The molecule has 0 N–H and O–H groups in total. The molecule has 0 bridgehead atoms. The van der Waals surface area contributed by atoms with Crippen LogP contribution in [-0.4, -0.2) is 25.8 Å². The smallest absolute Gasteiger partial charge is 0.207 e. The molecule has 1 aliphatic heterocycles. The van der Waals surface area contributed by atoms with Crippen LogP contribution >= 0.6 is 0 Å². The second-order valence-electron chi connectivity index (χ2n) is 6.27. The highest BCUT2D eigenvalue weighted by atomic mass is 32.2. The molecule has 118 valence electrons. The summed E-state index contributed by atoms with van der Waals surface area (Å²) < 4.78 is 27.9. The number of sulfonamides is 1. The molecule has 0 radical (unpaired) electrons. The van der Waals surface area contributed by atoms with Gasteiger partial charge >= 0.3 is 0 Å². The Morgan fingerprint density at radius 2 is 1.05 bits per heavy atom. The van der Waals surface area contributed by atoms with Crippen LogP contribution in [0.1, 0.15) is 53.5 Å². The van der Waals surface area contributed by atoms with Crippen LogP contribution in [0, 0.1) is 34.6 Å². The molecular weight excluding hydrogens is 282 g/mol. The summed E-state index contributed by atoms with van der Waals surface area (Å²) in [6.07, 6.45) is 4.22. The number of hydrogen-bond donors (Lipinski definition) is 0. The van der Waals surface area contributed by atoms with Crippen LogP contribution in [0.3, 0.4) is 0 Å². The van der Waals surface area contributed by atoms with Crippen LogP contribution < -0.4 is 0 Å². The van der Waals surface area contributed by atoms with E-state index in [2.05, 4.69) is 6.92 Å². The lowest BCUT2D eigenvalue weighted by atomic mass is 9.95. The lowest BCUT2D eigenvalue weighted by Crippen LogP contribution is -2.33. The van der Waals surface area contributed by atoms with Gasteiger partial charge in [-0.25, -0.2) is 8.42 Å². The lowest BCUT2D eigenvalue weighted by molar-refractivity contribution is 0.423. The summed E-state index contributed by atoms with van der Waals surface area (Å²) in [4.78, 5) is 0.546. The normalized spacial score (nSPS) is 17.8. The van der Waals surface area contributed by atoms with Crippen molar-refractivity contribution in [2.45, 2.75) is 65.2 Å². The third-order valence-corrected chi connectivity index (χ3v) is 7.27. The van der Waals surface area contributed by atoms with Crippen molar-refractivity contribution in [3.8, 4) is 0 Å². The molecule has 1 aromatic carbocycles. The first-order valence-electron chi connectivity index (χ1n) is 7.85. The fraction of sp³-hybridized carbons (Fsp3) is 0.647. The number of hydrogen-bond acceptors (Lipinski definition) is 2. The van der Waals surface area contributed by atoms with Crippen LogP contribution in [0.4, 0.5) is 0 Å². The van der Waals surface area contributed by atoms with E-state index in [9.17, 15) is 8.42 Å². The first-order valence-corrected chi connectivity index (χ1v) is 9.29. The molecule has 2 rings (SSSR count). The lowest BCUT2D eigenvalue weighted by Gasteiger charge is -2.25. The van der Waals surface area contributed by atoms with Crippen LogP contribution in [0.25, 0.3) is 0 Å². The van der Waals surface area contributed by atoms with Crippen molar-refractivity contribution in [3.63, 3.8) is 0 Å². The SMILES string of the molecule is Cc1c(C)c(C)c(S(=O)(=O)N2CCCCCC2)c(C)c1C. The third kappa shape index (κ3) is 2.88. The van der Waals surface area contributed by atoms with Crippen LogP contribution in [0.15, 0.2) is 4.90 Å². The maximum absolute atomic E-state index is 13.1. The summed E-state index contributed by atoms with van der Waals surface area (Å²) in [5.41, 5.74) is 5.25. The maximum Gasteiger partial charge on any atom is 0.243 e. The quantitative estimate of drug-likeness (QED) is 0.833. The predicted molar refractivity (Wildman–Crippen MR) is 87.4 cm³/mol. The second-order valence-corrected chi connectivity index (χ2v) is 8.15. The largest absolute Gasteiger partial charge is 0.243 e. The van der Waals surface area contributed by atoms with E-state index in [1.165, 1.54) is 5.56 Å². The van der Waals surface area contributed by atoms with E-state index in [-0.39, 0.29) is 0 Å². The molecular formula is C17H27NO2S. The van der Waals surface area contributed by atoms with Gasteiger partial charge in [0.25, 0.3) is 0 Å². The molecule has 0 saturated carbocycles. The van der Waals surface area contributed by atoms with Crippen LogP contribution in [0.2, 0.25) is 0 Å². The fourth-order valence-corrected chi connectivity index (χ4v) is 5.34. The summed E-state index contributed by atoms with van der Waals surface area (Å²) in [5.74, 6) is 0. The van der Waals surface area contributed by atoms with E-state index in [0.29, 0.717) is 18.0 Å². The molecule has 1 aliphatic rings. The van der Waals surface area contributed by atoms with E-state index in [1.807, 2.05) is 27.7 Å². The van der Waals surface area contributed by atoms with E-state index in [1.54, 1.807) is 4.31 Å². The number of rotatable bonds is 2. The summed E-state index contributed by atoms with van der Waals surface area (Å²) in [5, 5.41) is 0. The van der Waals surface area contributed by atoms with Gasteiger partial charge in [0, 0.05) is 13.1 Å². The van der Waals surface area contributed by atoms with Crippen molar-refractivity contribution < 1.29 is 8.42 Å². The Labute approximate surface area is 129 Å². The maximum atomic E-state index is 13.1. The van der Waals surface area contributed by atoms with Gasteiger partial charge < -0.3 is 0 Å². The molecule has 1 fully saturated rings. The van der Waals surface area contributed by atoms with Gasteiger partial charge in [-0.15, -0.1) is 0 Å². The van der Waals surface area contributed by atoms with Crippen LogP contribution in [0.5, 0.6) is 0 Å². The average molecular weight is 309 g/mol. The van der Waals surface area contributed by atoms with Gasteiger partial charge in [-0.1, -0.05) is 12.8 Å². The van der Waals surface area contributed by atoms with Crippen molar-refractivity contribution in [1.29, 1.82) is 0 Å². The molecule has 0 unspecified atom stereocenters. The molecule has 3 nitrogen and oxygen atoms in total. The zero-order chi connectivity index (χ0) is 15.8. The molecule has 1 heterocycles. The highest BCUT2D eigenvalue weighted by Gasteiger charge is 2.30. The van der Waals surface area contributed by atoms with E-state index >= 15 is 0 Å². The molecule has 1 aromatic rings. The van der Waals surface area contributed by atoms with Crippen molar-refractivity contribution in [2.75, 3.05) is 13.1 Å². The molecule has 0 amide bonds. The van der Waals surface area contributed by atoms with Gasteiger partial charge in [0.05, 0.1) is 4.90 Å². The topological polar surface area (TPSA) is 37.4 Å². The molecule has 0 aliphatic carbocycles. The van der Waals surface area contributed by atoms with Gasteiger partial charge in [-0.05, 0) is 75.3 Å². The van der Waals surface area contributed by atoms with Crippen molar-refractivity contribution >= 4 is 10.0 Å². The average Bonchev–Trinajstić information content (AvgIpc) is 2.72. The molecule has 0 spiro atoms. The van der Waals surface area contributed by atoms with Crippen molar-refractivity contribution in [3.05, 3.63) is 27.8 Å². The van der Waals surface area contributed by atoms with Gasteiger partial charge in [0.15, 0.2) is 0 Å². The second kappa shape index (κ2) is 6.09. The molecule has 0 atom stereocenters. The Kier molecular flexibility index (Phi) is 4.79. The summed E-state index contributed by atoms with van der Waals surface area (Å²) in [7, 11) is -3.38. The first kappa shape index (κ1) is 16.5. The Hall–Kier alpha value is -0.870. The fourth-order valence-electron chi connectivity index (χ4n) is 3.26. The van der Waals surface area contributed by atoms with Crippen LogP contribution in [-0.2, 0) is 10.0 Å². The van der Waals surface area contributed by atoms with Gasteiger partial charge in [-0.2, -0.15) is 4.31 Å². The van der Waals surface area contributed by atoms with Gasteiger partial charge in [-0.3, -0.25) is 0 Å². The molecule has 21 heavy (non-hydrogen) atoms. The van der Waals surface area contributed by atoms with E-state index in [4.69, 9.17) is 0 Å². The Morgan fingerprint density at radius 3 is 1.48 bits per heavy atom. The summed E-state index contributed by atoms with van der Waals surface area (Å²) >= 11 is 0. The standard InChI is InChI=1S/C17H27NO2S/c1-12-13(2)15(4)17(16(5)14(12)3)21(19,20)18-10-8-6-7-9-11-18/h6-11H2,1-5H3. The first-order chi connectivity index (χ1) is 9.78. The molecule has 4 heteroatoms. The van der Waals surface area contributed by atoms with Crippen molar-refractivity contribution in [2.24, 2.45) is 0 Å². The minimum absolute atomic E-state index is 0.546. The summed E-state index contributed by atoms with van der Waals surface area (Å²) in [6, 6.07) is 0. The van der Waals surface area contributed by atoms with Gasteiger partial charge in [0.1, 0.15) is 0 Å².